The molecule has 10 aromatic rings. The molecule has 0 bridgehead atoms. The minimum absolute atomic E-state index is 0.194. The second-order valence-electron chi connectivity index (χ2n) is 17.2. The standard InChI is InChI=1S/C57H50N2O4/c1-34-23-25-54(44(27-34)46-29-36(3)31-52(56(46)60)58-48-19-11-7-15-40(48)41-16-8-12-20-49(41)58)62-38(5)33-39(6)63-55-26-24-35(2)28-45(55)47-30-37(4)32-53(57(47)61)59-50-21-13-9-17-42(50)43-18-10-14-22-51(43)59/h7-32,38-39,60-61H,33H2,1-6H3/t38-,39?/m0/s1. The first kappa shape index (κ1) is 39.7. The molecule has 6 nitrogen and oxygen atoms in total. The van der Waals surface area contributed by atoms with Crippen LogP contribution in [0, 0.1) is 27.7 Å². The van der Waals surface area contributed by atoms with Gasteiger partial charge in [-0.15, -0.1) is 0 Å². The van der Waals surface area contributed by atoms with E-state index >= 15 is 0 Å². The summed E-state index contributed by atoms with van der Waals surface area (Å²) in [6, 6.07) is 53.8. The van der Waals surface area contributed by atoms with Gasteiger partial charge in [0.1, 0.15) is 23.0 Å². The molecule has 63 heavy (non-hydrogen) atoms. The molecule has 0 radical (unpaired) electrons. The van der Waals surface area contributed by atoms with Crippen LogP contribution in [0.3, 0.4) is 0 Å². The summed E-state index contributed by atoms with van der Waals surface area (Å²) in [6.45, 7) is 12.4. The Balaban J connectivity index is 0.956. The lowest BCUT2D eigenvalue weighted by molar-refractivity contribution is 0.131. The molecule has 2 N–H and O–H groups in total. The number of aromatic hydroxyl groups is 2. The number of fused-ring (bicyclic) bond motifs is 6. The summed E-state index contributed by atoms with van der Waals surface area (Å²) in [5.41, 5.74) is 12.8. The van der Waals surface area contributed by atoms with Gasteiger partial charge in [-0.1, -0.05) is 96.1 Å². The molecular weight excluding hydrogens is 777 g/mol. The number of rotatable bonds is 10. The molecule has 2 atom stereocenters. The molecular formula is C57H50N2O4. The third kappa shape index (κ3) is 7.02. The van der Waals surface area contributed by atoms with Crippen molar-refractivity contribution in [3.05, 3.63) is 180 Å². The monoisotopic (exact) mass is 826 g/mol. The Labute approximate surface area is 367 Å². The fraction of sp³-hybridized carbons (Fsp3) is 0.158. The average Bonchev–Trinajstić information content (AvgIpc) is 3.79. The highest BCUT2D eigenvalue weighted by atomic mass is 16.5. The second-order valence-corrected chi connectivity index (χ2v) is 17.2. The van der Waals surface area contributed by atoms with E-state index in [0.717, 1.165) is 88.4 Å². The fourth-order valence-corrected chi connectivity index (χ4v) is 9.55. The number of aryl methyl sites for hydroxylation is 4. The van der Waals surface area contributed by atoms with E-state index < -0.39 is 0 Å². The molecule has 2 aromatic heterocycles. The molecule has 0 aliphatic rings. The number of hydrogen-bond acceptors (Lipinski definition) is 4. The molecule has 0 aliphatic carbocycles. The number of aromatic nitrogens is 2. The largest absolute Gasteiger partial charge is 0.505 e. The summed E-state index contributed by atoms with van der Waals surface area (Å²) in [5.74, 6) is 1.76. The fourth-order valence-electron chi connectivity index (χ4n) is 9.55. The molecule has 0 spiro atoms. The highest BCUT2D eigenvalue weighted by molar-refractivity contribution is 6.10. The Morgan fingerprint density at radius 3 is 1.06 bits per heavy atom. The number of ether oxygens (including phenoxy) is 2. The van der Waals surface area contributed by atoms with Gasteiger partial charge < -0.3 is 28.8 Å². The highest BCUT2D eigenvalue weighted by Crippen LogP contribution is 2.46. The first-order valence-electron chi connectivity index (χ1n) is 21.7. The van der Waals surface area contributed by atoms with Gasteiger partial charge in [0.25, 0.3) is 0 Å². The number of hydrogen-bond donors (Lipinski definition) is 2. The molecule has 2 heterocycles. The first-order chi connectivity index (χ1) is 30.5. The average molecular weight is 827 g/mol. The van der Waals surface area contributed by atoms with Crippen LogP contribution in [0.25, 0.3) is 77.2 Å². The Kier molecular flexibility index (Phi) is 9.95. The van der Waals surface area contributed by atoms with Crippen LogP contribution in [-0.4, -0.2) is 31.6 Å². The van der Waals surface area contributed by atoms with Crippen molar-refractivity contribution in [2.75, 3.05) is 0 Å². The molecule has 0 fully saturated rings. The van der Waals surface area contributed by atoms with Gasteiger partial charge in [0.2, 0.25) is 0 Å². The molecule has 1 unspecified atom stereocenters. The highest BCUT2D eigenvalue weighted by Gasteiger charge is 2.24. The predicted molar refractivity (Wildman–Crippen MR) is 260 cm³/mol. The number of benzene rings is 8. The van der Waals surface area contributed by atoms with Gasteiger partial charge in [-0.2, -0.15) is 0 Å². The molecule has 0 saturated carbocycles. The van der Waals surface area contributed by atoms with Crippen molar-refractivity contribution in [3.8, 4) is 56.6 Å². The summed E-state index contributed by atoms with van der Waals surface area (Å²) >= 11 is 0. The van der Waals surface area contributed by atoms with Crippen molar-refractivity contribution in [2.24, 2.45) is 0 Å². The molecule has 8 aromatic carbocycles. The van der Waals surface area contributed by atoms with Crippen LogP contribution in [0.5, 0.6) is 23.0 Å². The van der Waals surface area contributed by atoms with E-state index in [1.807, 2.05) is 60.7 Å². The quantitative estimate of drug-likeness (QED) is 0.144. The van der Waals surface area contributed by atoms with E-state index in [-0.39, 0.29) is 23.7 Å². The number of nitrogens with zero attached hydrogens (tertiary/aromatic N) is 2. The van der Waals surface area contributed by atoms with Crippen LogP contribution in [0.4, 0.5) is 0 Å². The smallest absolute Gasteiger partial charge is 0.147 e. The summed E-state index contributed by atoms with van der Waals surface area (Å²) in [6.07, 6.45) is 0.0983. The third-order valence-electron chi connectivity index (χ3n) is 12.3. The second kappa shape index (κ2) is 15.8. The molecule has 0 amide bonds. The first-order valence-corrected chi connectivity index (χ1v) is 21.7. The Bertz CT molecular complexity index is 3060. The van der Waals surface area contributed by atoms with Gasteiger partial charge >= 0.3 is 0 Å². The maximum Gasteiger partial charge on any atom is 0.147 e. The number of phenols is 2. The normalized spacial score (nSPS) is 12.7. The minimum atomic E-state index is -0.242. The van der Waals surface area contributed by atoms with Crippen LogP contribution in [-0.2, 0) is 0 Å². The minimum Gasteiger partial charge on any atom is -0.505 e. The van der Waals surface area contributed by atoms with Gasteiger partial charge in [0.05, 0.1) is 45.6 Å². The summed E-state index contributed by atoms with van der Waals surface area (Å²) in [5, 5.41) is 29.0. The molecule has 0 aliphatic heterocycles. The molecule has 0 saturated heterocycles. The van der Waals surface area contributed by atoms with E-state index in [1.54, 1.807) is 0 Å². The van der Waals surface area contributed by atoms with Crippen molar-refractivity contribution in [3.63, 3.8) is 0 Å². The van der Waals surface area contributed by atoms with Crippen molar-refractivity contribution in [1.29, 1.82) is 0 Å². The zero-order chi connectivity index (χ0) is 43.5. The number of para-hydroxylation sites is 4. The third-order valence-corrected chi connectivity index (χ3v) is 12.3. The van der Waals surface area contributed by atoms with E-state index in [0.29, 0.717) is 29.0 Å². The van der Waals surface area contributed by atoms with Gasteiger partial charge in [-0.05, 0) is 125 Å². The number of phenolic OH excluding ortho intramolecular Hbond substituents is 2. The maximum atomic E-state index is 12.2. The van der Waals surface area contributed by atoms with Crippen LogP contribution in [0.1, 0.15) is 42.5 Å². The van der Waals surface area contributed by atoms with E-state index in [4.69, 9.17) is 9.47 Å². The predicted octanol–water partition coefficient (Wildman–Crippen LogP) is 14.5. The Morgan fingerprint density at radius 2 is 0.714 bits per heavy atom. The van der Waals surface area contributed by atoms with Crippen molar-refractivity contribution < 1.29 is 19.7 Å². The maximum absolute atomic E-state index is 12.2. The van der Waals surface area contributed by atoms with E-state index in [1.165, 1.54) is 0 Å². The van der Waals surface area contributed by atoms with Gasteiger partial charge in [0, 0.05) is 50.2 Å². The summed E-state index contributed by atoms with van der Waals surface area (Å²) < 4.78 is 17.9. The van der Waals surface area contributed by atoms with Crippen molar-refractivity contribution in [1.82, 2.24) is 9.13 Å². The lowest BCUT2D eigenvalue weighted by Crippen LogP contribution is -2.23. The van der Waals surface area contributed by atoms with Gasteiger partial charge in [0.15, 0.2) is 0 Å². The SMILES string of the molecule is Cc1ccc(OC(C)C[C@H](C)Oc2ccc(C)cc2-c2cc(C)cc(-n3c4ccccc4c4ccccc43)c2O)c(-c2cc(C)cc(-n3c4ccccc4c4ccccc43)c2O)c1. The van der Waals surface area contributed by atoms with Crippen LogP contribution >= 0.6 is 0 Å². The van der Waals surface area contributed by atoms with Crippen LogP contribution in [0.15, 0.2) is 158 Å². The summed E-state index contributed by atoms with van der Waals surface area (Å²) in [4.78, 5) is 0. The molecule has 10 rings (SSSR count). The lowest BCUT2D eigenvalue weighted by Gasteiger charge is -2.24. The van der Waals surface area contributed by atoms with Crippen molar-refractivity contribution >= 4 is 43.6 Å². The zero-order valence-corrected chi connectivity index (χ0v) is 36.5. The van der Waals surface area contributed by atoms with Crippen molar-refractivity contribution in [2.45, 2.75) is 60.2 Å². The van der Waals surface area contributed by atoms with Crippen LogP contribution in [0.2, 0.25) is 0 Å². The zero-order valence-electron chi connectivity index (χ0n) is 36.5. The summed E-state index contributed by atoms with van der Waals surface area (Å²) in [7, 11) is 0. The topological polar surface area (TPSA) is 68.8 Å². The molecule has 6 heteroatoms. The lowest BCUT2D eigenvalue weighted by atomic mass is 9.98. The van der Waals surface area contributed by atoms with Gasteiger partial charge in [-0.3, -0.25) is 0 Å². The van der Waals surface area contributed by atoms with Gasteiger partial charge in [-0.25, -0.2) is 0 Å². The van der Waals surface area contributed by atoms with E-state index in [2.05, 4.69) is 148 Å². The Hall–Kier alpha value is -7.44. The Morgan fingerprint density at radius 1 is 0.397 bits per heavy atom. The van der Waals surface area contributed by atoms with E-state index in [9.17, 15) is 10.2 Å². The molecule has 312 valence electrons. The van der Waals surface area contributed by atoms with Crippen LogP contribution < -0.4 is 9.47 Å².